The summed E-state index contributed by atoms with van der Waals surface area (Å²) in [6.45, 7) is 2.91. The van der Waals surface area contributed by atoms with Crippen molar-refractivity contribution in [2.45, 2.75) is 12.6 Å². The first kappa shape index (κ1) is 11.8. The molecule has 0 bridgehead atoms. The van der Waals surface area contributed by atoms with Crippen molar-refractivity contribution in [1.29, 1.82) is 0 Å². The van der Waals surface area contributed by atoms with E-state index in [0.29, 0.717) is 10.6 Å². The summed E-state index contributed by atoms with van der Waals surface area (Å²) in [6, 6.07) is 5.66. The molecule has 2 aliphatic rings. The van der Waals surface area contributed by atoms with Gasteiger partial charge in [-0.2, -0.15) is 0 Å². The van der Waals surface area contributed by atoms with Gasteiger partial charge in [-0.15, -0.1) is 0 Å². The summed E-state index contributed by atoms with van der Waals surface area (Å²) in [6.07, 6.45) is 1.03. The third kappa shape index (κ3) is 1.85. The van der Waals surface area contributed by atoms with Crippen LogP contribution in [0.1, 0.15) is 16.8 Å². The number of hydrogen-bond donors (Lipinski definition) is 1. The Morgan fingerprint density at radius 2 is 2.17 bits per heavy atom. The van der Waals surface area contributed by atoms with E-state index in [1.165, 1.54) is 0 Å². The van der Waals surface area contributed by atoms with Crippen LogP contribution in [0, 0.1) is 0 Å². The van der Waals surface area contributed by atoms with E-state index < -0.39 is 0 Å². The molecule has 2 aliphatic heterocycles. The Morgan fingerprint density at radius 3 is 3.00 bits per heavy atom. The van der Waals surface area contributed by atoms with Gasteiger partial charge in [0.15, 0.2) is 0 Å². The number of amides is 1. The van der Waals surface area contributed by atoms with Crippen molar-refractivity contribution < 1.29 is 4.79 Å². The van der Waals surface area contributed by atoms with Gasteiger partial charge in [-0.05, 0) is 25.6 Å². The minimum Gasteiger partial charge on any atom is -0.349 e. The molecule has 1 atom stereocenters. The number of nitrogens with one attached hydrogen (secondary N) is 1. The summed E-state index contributed by atoms with van der Waals surface area (Å²) in [5, 5.41) is 3.58. The zero-order valence-corrected chi connectivity index (χ0v) is 11.1. The van der Waals surface area contributed by atoms with Gasteiger partial charge in [0.1, 0.15) is 6.17 Å². The molecule has 96 valence electrons. The van der Waals surface area contributed by atoms with Crippen molar-refractivity contribution >= 4 is 23.2 Å². The maximum Gasteiger partial charge on any atom is 0.256 e. The highest BCUT2D eigenvalue weighted by Crippen LogP contribution is 2.32. The zero-order valence-electron chi connectivity index (χ0n) is 10.3. The molecule has 1 aromatic rings. The molecule has 1 N–H and O–H groups in total. The highest BCUT2D eigenvalue weighted by Gasteiger charge is 2.33. The fourth-order valence-electron chi connectivity index (χ4n) is 2.68. The van der Waals surface area contributed by atoms with Gasteiger partial charge in [0, 0.05) is 19.6 Å². The van der Waals surface area contributed by atoms with Gasteiger partial charge in [-0.25, -0.2) is 0 Å². The fraction of sp³-hybridized carbons (Fsp3) is 0.462. The van der Waals surface area contributed by atoms with Crippen LogP contribution in [0.2, 0.25) is 5.02 Å². The van der Waals surface area contributed by atoms with E-state index in [0.717, 1.165) is 31.7 Å². The second kappa shape index (κ2) is 4.44. The lowest BCUT2D eigenvalue weighted by molar-refractivity contribution is 0.0926. The maximum atomic E-state index is 12.1. The van der Waals surface area contributed by atoms with Crippen molar-refractivity contribution in [3.63, 3.8) is 0 Å². The second-order valence-electron chi connectivity index (χ2n) is 4.91. The molecule has 0 aromatic heterocycles. The molecule has 4 nitrogen and oxygen atoms in total. The van der Waals surface area contributed by atoms with Crippen LogP contribution in [0.5, 0.6) is 0 Å². The third-order valence-electron chi connectivity index (χ3n) is 3.71. The number of fused-ring (bicyclic) bond motifs is 3. The molecule has 0 radical (unpaired) electrons. The van der Waals surface area contributed by atoms with Crippen LogP contribution >= 0.6 is 11.6 Å². The number of halogens is 1. The van der Waals surface area contributed by atoms with Gasteiger partial charge >= 0.3 is 0 Å². The first-order chi connectivity index (χ1) is 8.66. The second-order valence-corrected chi connectivity index (χ2v) is 5.32. The molecular weight excluding hydrogens is 250 g/mol. The number of anilines is 1. The van der Waals surface area contributed by atoms with Gasteiger partial charge in [-0.3, -0.25) is 4.79 Å². The Hall–Kier alpha value is -1.26. The number of benzene rings is 1. The molecule has 3 rings (SSSR count). The average molecular weight is 266 g/mol. The van der Waals surface area contributed by atoms with Crippen LogP contribution in [0.4, 0.5) is 5.69 Å². The molecule has 0 saturated carbocycles. The predicted molar refractivity (Wildman–Crippen MR) is 72.2 cm³/mol. The third-order valence-corrected chi connectivity index (χ3v) is 4.02. The summed E-state index contributed by atoms with van der Waals surface area (Å²) < 4.78 is 0. The first-order valence-corrected chi connectivity index (χ1v) is 6.59. The number of rotatable bonds is 0. The van der Waals surface area contributed by atoms with Crippen LogP contribution in [0.15, 0.2) is 18.2 Å². The van der Waals surface area contributed by atoms with E-state index in [4.69, 9.17) is 11.6 Å². The Balaban J connectivity index is 2.04. The Kier molecular flexibility index (Phi) is 2.92. The van der Waals surface area contributed by atoms with E-state index in [1.54, 1.807) is 6.07 Å². The van der Waals surface area contributed by atoms with Crippen molar-refractivity contribution in [2.24, 2.45) is 0 Å². The number of carbonyl (C=O) groups excluding carboxylic acids is 1. The van der Waals surface area contributed by atoms with Crippen molar-refractivity contribution in [3.05, 3.63) is 28.8 Å². The molecule has 0 aliphatic carbocycles. The van der Waals surface area contributed by atoms with Gasteiger partial charge in [0.2, 0.25) is 0 Å². The molecule has 0 unspecified atom stereocenters. The van der Waals surface area contributed by atoms with Crippen molar-refractivity contribution in [3.8, 4) is 0 Å². The summed E-state index contributed by atoms with van der Waals surface area (Å²) >= 11 is 6.14. The Labute approximate surface area is 112 Å². The molecule has 5 heteroatoms. The smallest absolute Gasteiger partial charge is 0.256 e. The topological polar surface area (TPSA) is 35.6 Å². The maximum absolute atomic E-state index is 12.1. The lowest BCUT2D eigenvalue weighted by Crippen LogP contribution is -2.53. The molecule has 0 spiro atoms. The number of likely N-dealkylation sites (N-methyl/N-ethyl adjacent to an activating group) is 1. The Bertz CT molecular complexity index is 491. The van der Waals surface area contributed by atoms with Gasteiger partial charge < -0.3 is 15.1 Å². The molecule has 18 heavy (non-hydrogen) atoms. The lowest BCUT2D eigenvalue weighted by Gasteiger charge is -2.37. The summed E-state index contributed by atoms with van der Waals surface area (Å²) in [4.78, 5) is 16.7. The van der Waals surface area contributed by atoms with Crippen LogP contribution in [0.3, 0.4) is 0 Å². The average Bonchev–Trinajstić information content (AvgIpc) is 2.52. The standard InChI is InChI=1S/C13H16ClN3O/c1-16-6-5-11-15-13(18)12-9(14)3-2-4-10(12)17(11)8-7-16/h2-4,11H,5-8H2,1H3,(H,15,18)/t11-/m1/s1. The number of nitrogens with zero attached hydrogens (tertiary/aromatic N) is 2. The SMILES string of the molecule is CN1CC[C@@H]2NC(=O)c3c(Cl)cccc3N2CC1. The number of carbonyl (C=O) groups is 1. The van der Waals surface area contributed by atoms with Crippen LogP contribution < -0.4 is 10.2 Å². The summed E-state index contributed by atoms with van der Waals surface area (Å²) in [7, 11) is 2.11. The highest BCUT2D eigenvalue weighted by molar-refractivity contribution is 6.34. The predicted octanol–water partition coefficient (Wildman–Crippen LogP) is 1.55. The molecule has 1 aromatic carbocycles. The molecular formula is C13H16ClN3O. The van der Waals surface area contributed by atoms with E-state index in [2.05, 4.69) is 22.2 Å². The normalized spacial score (nSPS) is 24.0. The van der Waals surface area contributed by atoms with Crippen LogP contribution in [0.25, 0.3) is 0 Å². The van der Waals surface area contributed by atoms with Crippen LogP contribution in [-0.4, -0.2) is 43.7 Å². The quantitative estimate of drug-likeness (QED) is 0.773. The van der Waals surface area contributed by atoms with E-state index in [-0.39, 0.29) is 12.1 Å². The van der Waals surface area contributed by atoms with Gasteiger partial charge in [0.05, 0.1) is 16.3 Å². The molecule has 1 fully saturated rings. The molecule has 1 amide bonds. The van der Waals surface area contributed by atoms with E-state index in [9.17, 15) is 4.79 Å². The Morgan fingerprint density at radius 1 is 1.33 bits per heavy atom. The molecule has 2 heterocycles. The van der Waals surface area contributed by atoms with E-state index in [1.807, 2.05) is 12.1 Å². The van der Waals surface area contributed by atoms with Crippen molar-refractivity contribution in [1.82, 2.24) is 10.2 Å². The monoisotopic (exact) mass is 265 g/mol. The summed E-state index contributed by atoms with van der Waals surface area (Å²) in [5.74, 6) is -0.0543. The van der Waals surface area contributed by atoms with Crippen molar-refractivity contribution in [2.75, 3.05) is 31.6 Å². The minimum absolute atomic E-state index is 0.0543. The van der Waals surface area contributed by atoms with E-state index >= 15 is 0 Å². The lowest BCUT2D eigenvalue weighted by atomic mass is 10.1. The van der Waals surface area contributed by atoms with Gasteiger partial charge in [0.25, 0.3) is 5.91 Å². The zero-order chi connectivity index (χ0) is 12.7. The summed E-state index contributed by atoms with van der Waals surface area (Å²) in [5.41, 5.74) is 1.58. The largest absolute Gasteiger partial charge is 0.349 e. The minimum atomic E-state index is -0.0543. The molecule has 1 saturated heterocycles. The highest BCUT2D eigenvalue weighted by atomic mass is 35.5. The van der Waals surface area contributed by atoms with Gasteiger partial charge in [-0.1, -0.05) is 17.7 Å². The fourth-order valence-corrected chi connectivity index (χ4v) is 2.94. The first-order valence-electron chi connectivity index (χ1n) is 6.21. The van der Waals surface area contributed by atoms with Crippen LogP contribution in [-0.2, 0) is 0 Å². The number of hydrogen-bond acceptors (Lipinski definition) is 3.